The average Bonchev–Trinajstić information content (AvgIpc) is 3.05. The van der Waals surface area contributed by atoms with Crippen LogP contribution in [0.5, 0.6) is 0 Å². The standard InChI is InChI=1S/C14H14Cl8O8P2/c15-3-7(18)1-6(2-8(19)4-16)10-11(9(20)5-17)25-31(23)29-14(22,30-31)13(21)12(10)26-32(24,27-12)28-13/h7-9,11H,1-5H2. The van der Waals surface area contributed by atoms with Crippen molar-refractivity contribution in [2.75, 3.05) is 17.6 Å². The molecule has 6 heterocycles. The number of phosphoric acid groups is 2. The van der Waals surface area contributed by atoms with Gasteiger partial charge in [0, 0.05) is 23.2 Å². The summed E-state index contributed by atoms with van der Waals surface area (Å²) >= 11 is 49.9. The SMILES string of the molecule is O=P12OC(C(Cl)CCl)C(=C(CC(Cl)CCl)CC(Cl)CCl)C34OP(=O)(O3)OC4(Cl)C(Cl)(O1)O2. The molecular formula is C14H14Cl8O8P2. The topological polar surface area (TPSA) is 89.5 Å². The number of halogens is 8. The maximum atomic E-state index is 12.9. The fourth-order valence-electron chi connectivity index (χ4n) is 3.76. The normalized spacial score (nSPS) is 47.4. The van der Waals surface area contributed by atoms with Gasteiger partial charge in [0.1, 0.15) is 6.10 Å². The minimum absolute atomic E-state index is 0.0421. The summed E-state index contributed by atoms with van der Waals surface area (Å²) in [7, 11) is -8.45. The highest BCUT2D eigenvalue weighted by Crippen LogP contribution is 2.88. The molecule has 5 unspecified atom stereocenters. The highest BCUT2D eigenvalue weighted by molar-refractivity contribution is 7.51. The van der Waals surface area contributed by atoms with Crippen LogP contribution in [-0.2, 0) is 36.3 Å². The Bertz CT molecular complexity index is 887. The van der Waals surface area contributed by atoms with Crippen LogP contribution in [-0.4, -0.2) is 56.0 Å². The fraction of sp³-hybridized carbons (Fsp3) is 0.857. The smallest absolute Gasteiger partial charge is 0.277 e. The Balaban J connectivity index is 1.96. The van der Waals surface area contributed by atoms with E-state index in [1.54, 1.807) is 0 Å². The molecule has 6 fully saturated rings. The molecule has 0 N–H and O–H groups in total. The van der Waals surface area contributed by atoms with Crippen molar-refractivity contribution in [1.82, 2.24) is 0 Å². The first-order chi connectivity index (χ1) is 14.8. The number of hydrogen-bond acceptors (Lipinski definition) is 8. The van der Waals surface area contributed by atoms with Crippen molar-refractivity contribution >= 4 is 108 Å². The van der Waals surface area contributed by atoms with Crippen LogP contribution in [0, 0.1) is 0 Å². The van der Waals surface area contributed by atoms with Gasteiger partial charge in [-0.3, -0.25) is 4.52 Å². The Kier molecular flexibility index (Phi) is 7.88. The number of allylic oxidation sites excluding steroid dienone is 1. The second-order valence-corrected chi connectivity index (χ2v) is 13.9. The molecule has 6 aliphatic rings. The van der Waals surface area contributed by atoms with E-state index in [1.165, 1.54) is 0 Å². The Labute approximate surface area is 223 Å². The van der Waals surface area contributed by atoms with Crippen molar-refractivity contribution in [3.05, 3.63) is 11.1 Å². The van der Waals surface area contributed by atoms with Gasteiger partial charge in [-0.2, -0.15) is 0 Å². The number of phosphoric ester groups is 2. The van der Waals surface area contributed by atoms with Crippen molar-refractivity contribution < 1.29 is 36.3 Å². The predicted molar refractivity (Wildman–Crippen MR) is 123 cm³/mol. The van der Waals surface area contributed by atoms with Crippen LogP contribution >= 0.6 is 108 Å². The Morgan fingerprint density at radius 2 is 1.38 bits per heavy atom. The number of hydrogen-bond donors (Lipinski definition) is 0. The van der Waals surface area contributed by atoms with E-state index in [9.17, 15) is 9.13 Å². The molecular weight excluding hydrogens is 642 g/mol. The summed E-state index contributed by atoms with van der Waals surface area (Å²) in [5, 5.41) is -7.11. The lowest BCUT2D eigenvalue weighted by Crippen LogP contribution is -2.69. The van der Waals surface area contributed by atoms with Gasteiger partial charge >= 0.3 is 20.9 Å². The summed E-state index contributed by atoms with van der Waals surface area (Å²) in [5.41, 5.74) is 0.462. The Hall–Kier alpha value is 2.28. The van der Waals surface area contributed by atoms with Crippen molar-refractivity contribution in [2.45, 2.75) is 51.2 Å². The van der Waals surface area contributed by atoms with Crippen LogP contribution in [0.15, 0.2) is 11.1 Å². The van der Waals surface area contributed by atoms with E-state index in [0.717, 1.165) is 0 Å². The zero-order chi connectivity index (χ0) is 23.7. The summed E-state index contributed by atoms with van der Waals surface area (Å²) in [6.07, 6.45) is -1.16. The van der Waals surface area contributed by atoms with Crippen molar-refractivity contribution in [2.24, 2.45) is 0 Å². The zero-order valence-corrected chi connectivity index (χ0v) is 23.4. The van der Waals surface area contributed by atoms with Crippen LogP contribution < -0.4 is 0 Å². The van der Waals surface area contributed by atoms with Gasteiger partial charge in [0.2, 0.25) is 0 Å². The van der Waals surface area contributed by atoms with Crippen molar-refractivity contribution in [3.63, 3.8) is 0 Å². The maximum absolute atomic E-state index is 12.9. The second kappa shape index (κ2) is 9.23. The molecule has 6 aliphatic heterocycles. The van der Waals surface area contributed by atoms with E-state index >= 15 is 0 Å². The lowest BCUT2D eigenvalue weighted by Gasteiger charge is -2.55. The molecule has 0 aromatic rings. The molecule has 5 atom stereocenters. The summed E-state index contributed by atoms with van der Waals surface area (Å²) in [5.74, 6) is -2.28. The molecule has 6 saturated heterocycles. The van der Waals surface area contributed by atoms with Crippen LogP contribution in [0.25, 0.3) is 0 Å². The monoisotopic (exact) mass is 652 g/mol. The first kappa shape index (κ1) is 27.3. The largest absolute Gasteiger partial charge is 0.482 e. The van der Waals surface area contributed by atoms with Gasteiger partial charge in [0.15, 0.2) is 0 Å². The highest BCUT2D eigenvalue weighted by Gasteiger charge is 2.92. The number of rotatable bonds is 8. The maximum Gasteiger partial charge on any atom is 0.482 e. The van der Waals surface area contributed by atoms with Gasteiger partial charge in [0.25, 0.3) is 10.8 Å². The predicted octanol–water partition coefficient (Wildman–Crippen LogP) is 6.86. The molecule has 0 aromatic heterocycles. The average molecular weight is 656 g/mol. The summed E-state index contributed by atoms with van der Waals surface area (Å²) in [6, 6.07) is 0. The van der Waals surface area contributed by atoms with E-state index < -0.39 is 54.0 Å². The molecule has 0 amide bonds. The first-order valence-corrected chi connectivity index (χ1v) is 15.5. The van der Waals surface area contributed by atoms with Crippen LogP contribution in [0.4, 0.5) is 0 Å². The van der Waals surface area contributed by atoms with Gasteiger partial charge < -0.3 is 0 Å². The minimum atomic E-state index is -4.28. The molecule has 0 aliphatic carbocycles. The third kappa shape index (κ3) is 4.15. The quantitative estimate of drug-likeness (QED) is 0.159. The molecule has 4 bridgehead atoms. The molecule has 18 heteroatoms. The molecule has 0 aromatic carbocycles. The first-order valence-electron chi connectivity index (χ1n) is 8.92. The lowest BCUT2D eigenvalue weighted by molar-refractivity contribution is -0.283. The van der Waals surface area contributed by atoms with E-state index in [2.05, 4.69) is 0 Å². The van der Waals surface area contributed by atoms with Gasteiger partial charge in [-0.15, -0.1) is 69.6 Å². The van der Waals surface area contributed by atoms with Gasteiger partial charge in [0.05, 0.1) is 16.1 Å². The molecule has 1 spiro atoms. The minimum Gasteiger partial charge on any atom is -0.277 e. The molecule has 184 valence electrons. The molecule has 0 radical (unpaired) electrons. The molecule has 0 saturated carbocycles. The molecule has 8 nitrogen and oxygen atoms in total. The van der Waals surface area contributed by atoms with Crippen molar-refractivity contribution in [3.8, 4) is 0 Å². The van der Waals surface area contributed by atoms with E-state index in [1.807, 2.05) is 0 Å². The van der Waals surface area contributed by atoms with Gasteiger partial charge in [-0.1, -0.05) is 28.8 Å². The van der Waals surface area contributed by atoms with Gasteiger partial charge in [-0.05, 0) is 12.8 Å². The fourth-order valence-corrected chi connectivity index (χ4v) is 9.39. The van der Waals surface area contributed by atoms with E-state index in [4.69, 9.17) is 120 Å². The summed E-state index contributed by atoms with van der Waals surface area (Å²) in [4.78, 5) is 0. The second-order valence-electron chi connectivity index (χ2n) is 7.22. The van der Waals surface area contributed by atoms with Crippen LogP contribution in [0.2, 0.25) is 0 Å². The number of alkyl halides is 8. The van der Waals surface area contributed by atoms with Gasteiger partial charge in [-0.25, -0.2) is 31.7 Å². The number of fused-ring (bicyclic) bond motifs is 2. The Morgan fingerprint density at radius 3 is 1.84 bits per heavy atom. The van der Waals surface area contributed by atoms with E-state index in [-0.39, 0.29) is 36.1 Å². The summed E-state index contributed by atoms with van der Waals surface area (Å²) < 4.78 is 58.1. The third-order valence-electron chi connectivity index (χ3n) is 4.99. The van der Waals surface area contributed by atoms with Crippen LogP contribution in [0.1, 0.15) is 12.8 Å². The third-order valence-corrected chi connectivity index (χ3v) is 11.9. The highest BCUT2D eigenvalue weighted by atomic mass is 35.5. The summed E-state index contributed by atoms with van der Waals surface area (Å²) in [6.45, 7) is 0. The van der Waals surface area contributed by atoms with Crippen molar-refractivity contribution in [1.29, 1.82) is 0 Å². The van der Waals surface area contributed by atoms with Crippen LogP contribution in [0.3, 0.4) is 0 Å². The molecule has 32 heavy (non-hydrogen) atoms. The molecule has 6 rings (SSSR count). The lowest BCUT2D eigenvalue weighted by atomic mass is 9.85. The van der Waals surface area contributed by atoms with E-state index in [0.29, 0.717) is 5.57 Å². The Morgan fingerprint density at radius 1 is 0.844 bits per heavy atom. The zero-order valence-electron chi connectivity index (χ0n) is 15.5.